The lowest BCUT2D eigenvalue weighted by molar-refractivity contribution is -0.399. The van der Waals surface area contributed by atoms with E-state index in [1.54, 1.807) is 0 Å². The largest absolute Gasteiger partial charge is 0.469 e. The van der Waals surface area contributed by atoms with Crippen LogP contribution in [0.15, 0.2) is 0 Å². The summed E-state index contributed by atoms with van der Waals surface area (Å²) in [5.74, 6) is -1.79. The Morgan fingerprint density at radius 3 is 0.974 bits per heavy atom. The number of rotatable bonds is 31. The van der Waals surface area contributed by atoms with Crippen molar-refractivity contribution >= 4 is 27.5 Å². The highest BCUT2D eigenvalue weighted by molar-refractivity contribution is 7.46. The molecule has 0 spiro atoms. The lowest BCUT2D eigenvalue weighted by Gasteiger charge is -2.51. The summed E-state index contributed by atoms with van der Waals surface area (Å²) in [6.07, 6.45) is -95.4. The zero-order valence-corrected chi connectivity index (χ0v) is 61.4. The summed E-state index contributed by atoms with van der Waals surface area (Å²) in [4.78, 5) is 62.5. The van der Waals surface area contributed by atoms with Gasteiger partial charge >= 0.3 is 15.6 Å². The number of phosphoric acid groups is 2. The van der Waals surface area contributed by atoms with Gasteiger partial charge in [-0.1, -0.05) is 0 Å². The molecule has 0 bridgehead atoms. The van der Waals surface area contributed by atoms with E-state index in [0.29, 0.717) is 0 Å². The van der Waals surface area contributed by atoms with Crippen molar-refractivity contribution in [2.45, 2.75) is 290 Å². The van der Waals surface area contributed by atoms with E-state index in [2.05, 4.69) is 19.7 Å². The number of ether oxygens (including phenoxy) is 17. The van der Waals surface area contributed by atoms with Crippen molar-refractivity contribution in [3.63, 3.8) is 0 Å². The molecule has 0 aromatic carbocycles. The van der Waals surface area contributed by atoms with E-state index in [1.807, 2.05) is 0 Å². The van der Waals surface area contributed by atoms with Crippen molar-refractivity contribution < 1.29 is 256 Å². The van der Waals surface area contributed by atoms with Gasteiger partial charge in [-0.25, -0.2) is 9.13 Å². The monoisotopic (exact) mass is 1720 g/mol. The van der Waals surface area contributed by atoms with Crippen LogP contribution < -0.4 is 10.6 Å². The van der Waals surface area contributed by atoms with Gasteiger partial charge in [-0.3, -0.25) is 18.6 Å². The number of aliphatic hydroxyl groups is 25. The molecule has 9 heterocycles. The quantitative estimate of drug-likeness (QED) is 0.0287. The van der Waals surface area contributed by atoms with Crippen LogP contribution in [0.3, 0.4) is 0 Å². The number of amides is 2. The second-order valence-electron chi connectivity index (χ2n) is 27.9. The number of carbonyl (C=O) groups is 2. The summed E-state index contributed by atoms with van der Waals surface area (Å²) >= 11 is 0. The normalized spacial score (nSPS) is 48.7. The molecule has 2 amide bonds. The highest BCUT2D eigenvalue weighted by atomic mass is 31.2. The number of nitrogens with one attached hydrogen (secondary N) is 2. The molecule has 54 nitrogen and oxygen atoms in total. The molecule has 9 saturated heterocycles. The van der Waals surface area contributed by atoms with Crippen LogP contribution in [0.4, 0.5) is 0 Å². The maximum atomic E-state index is 13.0. The third kappa shape index (κ3) is 22.1. The van der Waals surface area contributed by atoms with Crippen LogP contribution in [0.5, 0.6) is 0 Å². The van der Waals surface area contributed by atoms with Crippen molar-refractivity contribution in [1.29, 1.82) is 0 Å². The van der Waals surface area contributed by atoms with Gasteiger partial charge in [0.25, 0.3) is 0 Å². The van der Waals surface area contributed by atoms with Crippen LogP contribution >= 0.6 is 15.6 Å². The Hall–Kier alpha value is -2.52. The highest BCUT2D eigenvalue weighted by Gasteiger charge is 2.61. The number of aliphatic hydroxyl groups excluding tert-OH is 25. The number of carbonyl (C=O) groups excluding carboxylic acids is 2. The molecule has 45 atom stereocenters. The van der Waals surface area contributed by atoms with Crippen LogP contribution in [-0.2, 0) is 108 Å². The van der Waals surface area contributed by atoms with E-state index in [-0.39, 0.29) is 0 Å². The molecule has 0 aromatic heterocycles. The summed E-state index contributed by atoms with van der Waals surface area (Å²) in [6, 6.07) is -3.64. The van der Waals surface area contributed by atoms with Crippen molar-refractivity contribution in [2.75, 3.05) is 59.5 Å². The molecular weight excluding hydrogens is 1620 g/mol. The Balaban J connectivity index is 1.05. The molecule has 9 aliphatic heterocycles. The van der Waals surface area contributed by atoms with Gasteiger partial charge in [-0.2, -0.15) is 0 Å². The van der Waals surface area contributed by atoms with Gasteiger partial charge in [0.15, 0.2) is 56.6 Å². The van der Waals surface area contributed by atoms with Crippen LogP contribution in [-0.4, -0.2) is 495 Å². The smallest absolute Gasteiger partial charge is 0.394 e. The Labute approximate surface area is 641 Å². The standard InChI is InChI=1S/C58H100N2O52P2/c1-12(66)59-23-32(75)44(17(6-64)98-50(23)87)107-51-24(60-13(2)67)33(76)45(18(7-65)102-51)108-56-43(86)47(110-58-49(38(81)27(70)16(5-63)101-58)112-55-41(84)36(79)29(72)22(106-55)11-97-114(91,92)93)31(74)20(104-56)8-94-52-42(85)46(109-53-39(82)34(77)25(68)14(3-61)99-53)30(73)19(103-52)9-95-57-48(37(80)26(69)15(4-62)100-57)111-54-40(83)35(78)28(71)21(105-54)10-96-113(88,89)90/h14-58,61-65,68-87H,3-11H2,1-2H3,(H,59,66)(H,60,67)(H2,88,89,90)(H2,91,92,93)/t14-,15-,16-,17-,18-,19-,20-,21-,22-,23-,24-,25-,26-,27-,28-,29-,30-,31-,32-,33-,34+,35+,36+,37+,38+,39+,40+,41+,42+,43+,44-,45-,46+,47+,48+,49+,50-,51+,52+,53-,54-,55-,56+,57+,58-/m1/s1. The molecule has 9 rings (SSSR count). The SMILES string of the molecule is CC(=O)N[C@@H]1[C@@H](O)[C@H](O[C@@H]2O[C@H](CO)[C@@H](O[C@@H]3O[C@H](CO[C@H]4O[C@H](CO[C@H]5O[C@H](CO)[C@@H](O)[C@H](O)[C@@H]5O[C@H]5O[C@H](COP(=O)(O)O)[C@@H](O)[C@H](O)[C@@H]5O)[C@@H](O)[C@H](O[C@H]5O[C@H](CO)[C@@H](O)[C@H](O)[C@@H]5O)[C@@H]4O)[C@@H](O)[C@H](O[C@H]4O[C@H](CO)[C@@H](O)[C@H](O)[C@@H]4O[C@H]4O[C@H](COP(=O)(O)O)[C@@H](O)[C@H](O)[C@@H]4O)[C@@H]3O)[C@H](O)[C@H]2NC(C)=O)[C@@H](CO)O[C@H]1O. The average molecular weight is 1720 g/mol. The second kappa shape index (κ2) is 40.7. The predicted octanol–water partition coefficient (Wildman–Crippen LogP) is -20.1. The van der Waals surface area contributed by atoms with Crippen LogP contribution in [0.1, 0.15) is 13.8 Å². The fraction of sp³-hybridized carbons (Fsp3) is 0.966. The van der Waals surface area contributed by atoms with Crippen LogP contribution in [0.2, 0.25) is 0 Å². The Morgan fingerprint density at radius 1 is 0.272 bits per heavy atom. The highest BCUT2D eigenvalue weighted by Crippen LogP contribution is 2.42. The number of phosphoric ester groups is 2. The first-order valence-corrected chi connectivity index (χ1v) is 38.2. The lowest BCUT2D eigenvalue weighted by atomic mass is 9.94. The van der Waals surface area contributed by atoms with E-state index in [0.717, 1.165) is 13.8 Å². The Kier molecular flexibility index (Phi) is 34.0. The molecule has 0 unspecified atom stereocenters. The second-order valence-corrected chi connectivity index (χ2v) is 30.4. The molecule has 31 N–H and O–H groups in total. The Morgan fingerprint density at radius 2 is 0.553 bits per heavy atom. The molecule has 9 fully saturated rings. The molecule has 0 saturated carbocycles. The third-order valence-corrected chi connectivity index (χ3v) is 21.0. The van der Waals surface area contributed by atoms with E-state index < -0.39 is 363 Å². The number of hydrogen-bond donors (Lipinski definition) is 31. The fourth-order valence-electron chi connectivity index (χ4n) is 13.8. The van der Waals surface area contributed by atoms with E-state index in [9.17, 15) is 166 Å². The lowest BCUT2D eigenvalue weighted by Crippen LogP contribution is -2.70. The predicted molar refractivity (Wildman–Crippen MR) is 342 cm³/mol. The van der Waals surface area contributed by atoms with Gasteiger partial charge in [0, 0.05) is 13.8 Å². The minimum atomic E-state index is -5.38. The molecule has 0 radical (unpaired) electrons. The van der Waals surface area contributed by atoms with E-state index >= 15 is 0 Å². The van der Waals surface area contributed by atoms with E-state index in [4.69, 9.17) is 80.5 Å². The summed E-state index contributed by atoms with van der Waals surface area (Å²) < 4.78 is 131. The van der Waals surface area contributed by atoms with Gasteiger partial charge in [-0.05, 0) is 0 Å². The first kappa shape index (κ1) is 95.3. The molecule has 9 aliphatic rings. The first-order valence-electron chi connectivity index (χ1n) is 35.1. The van der Waals surface area contributed by atoms with Gasteiger partial charge in [0.05, 0.1) is 59.5 Å². The zero-order chi connectivity index (χ0) is 84.3. The molecule has 0 aromatic rings. The fourth-order valence-corrected chi connectivity index (χ4v) is 14.5. The maximum Gasteiger partial charge on any atom is 0.469 e. The van der Waals surface area contributed by atoms with Crippen molar-refractivity contribution in [1.82, 2.24) is 10.6 Å². The van der Waals surface area contributed by atoms with Gasteiger partial charge in [0.1, 0.15) is 220 Å². The molecular formula is C58H100N2O52P2. The summed E-state index contributed by atoms with van der Waals surface area (Å²) in [6.45, 7) is -8.71. The summed E-state index contributed by atoms with van der Waals surface area (Å²) in [5, 5.41) is 283. The van der Waals surface area contributed by atoms with Crippen LogP contribution in [0, 0.1) is 0 Å². The molecule has 664 valence electrons. The molecule has 0 aliphatic carbocycles. The minimum Gasteiger partial charge on any atom is -0.394 e. The van der Waals surface area contributed by atoms with Crippen molar-refractivity contribution in [3.8, 4) is 0 Å². The van der Waals surface area contributed by atoms with E-state index in [1.165, 1.54) is 0 Å². The molecule has 114 heavy (non-hydrogen) atoms. The zero-order valence-electron chi connectivity index (χ0n) is 59.6. The first-order chi connectivity index (χ1) is 53.5. The average Bonchev–Trinajstić information content (AvgIpc) is 0.768. The topological polar surface area (TPSA) is 854 Å². The van der Waals surface area contributed by atoms with Crippen LogP contribution in [0.25, 0.3) is 0 Å². The minimum absolute atomic E-state index is 0.810. The third-order valence-electron chi connectivity index (χ3n) is 20.0. The van der Waals surface area contributed by atoms with Gasteiger partial charge in [0.2, 0.25) is 11.8 Å². The Bertz CT molecular complexity index is 3110. The summed E-state index contributed by atoms with van der Waals surface area (Å²) in [7, 11) is -10.7. The van der Waals surface area contributed by atoms with Crippen molar-refractivity contribution in [2.24, 2.45) is 0 Å². The molecule has 56 heteroatoms. The summed E-state index contributed by atoms with van der Waals surface area (Å²) in [5.41, 5.74) is 0. The van der Waals surface area contributed by atoms with Gasteiger partial charge < -0.3 is 238 Å². The number of hydrogen-bond acceptors (Lipinski definition) is 48. The maximum absolute atomic E-state index is 13.0. The van der Waals surface area contributed by atoms with Crippen molar-refractivity contribution in [3.05, 3.63) is 0 Å². The van der Waals surface area contributed by atoms with Gasteiger partial charge in [-0.15, -0.1) is 0 Å².